The smallest absolute Gasteiger partial charge is 0.462 e. The van der Waals surface area contributed by atoms with Gasteiger partial charge in [-0.2, -0.15) is 0 Å². The molecule has 284 valence electrons. The lowest BCUT2D eigenvalue weighted by Crippen LogP contribution is -2.29. The Balaban J connectivity index is 3.87. The van der Waals surface area contributed by atoms with Gasteiger partial charge in [-0.25, -0.2) is 4.57 Å². The molecule has 0 aromatic carbocycles. The summed E-state index contributed by atoms with van der Waals surface area (Å²) in [7, 11) is -4.75. The van der Waals surface area contributed by atoms with E-state index in [-0.39, 0.29) is 19.4 Å². The van der Waals surface area contributed by atoms with E-state index < -0.39 is 32.5 Å². The van der Waals surface area contributed by atoms with Gasteiger partial charge in [0, 0.05) is 12.8 Å². The summed E-state index contributed by atoms with van der Waals surface area (Å²) in [5.41, 5.74) is 0. The quantitative estimate of drug-likeness (QED) is 0.0284. The van der Waals surface area contributed by atoms with E-state index >= 15 is 0 Å². The number of carbonyl (C=O) groups excluding carboxylic acids is 2. The zero-order valence-corrected chi connectivity index (χ0v) is 32.0. The first-order valence-electron chi connectivity index (χ1n) is 20.0. The zero-order valence-electron chi connectivity index (χ0n) is 31.2. The molecule has 0 unspecified atom stereocenters. The lowest BCUT2D eigenvalue weighted by atomic mass is 10.0. The van der Waals surface area contributed by atoms with Crippen molar-refractivity contribution in [1.29, 1.82) is 0 Å². The molecule has 1 atom stereocenters. The molecule has 0 spiro atoms. The van der Waals surface area contributed by atoms with Crippen LogP contribution in [0.5, 0.6) is 0 Å². The molecule has 0 rings (SSSR count). The topological polar surface area (TPSA) is 119 Å². The molecule has 48 heavy (non-hydrogen) atoms. The van der Waals surface area contributed by atoms with E-state index in [1.165, 1.54) is 116 Å². The number of allylic oxidation sites excluding steroid dienone is 2. The number of hydrogen-bond donors (Lipinski definition) is 2. The SMILES string of the molecule is CCCC/C=C\CCCCCCCC(=O)OC[C@H](COP(=O)(O)O)OC(=O)CCCCCCCCCCCCCCCCCCCCC. The third-order valence-corrected chi connectivity index (χ3v) is 9.27. The van der Waals surface area contributed by atoms with Crippen LogP contribution in [-0.2, 0) is 28.2 Å². The van der Waals surface area contributed by atoms with Crippen LogP contribution in [0.25, 0.3) is 0 Å². The average molecular weight is 703 g/mol. The van der Waals surface area contributed by atoms with Crippen LogP contribution in [0.4, 0.5) is 0 Å². The fraction of sp³-hybridized carbons (Fsp3) is 0.897. The zero-order chi connectivity index (χ0) is 35.4. The highest BCUT2D eigenvalue weighted by Gasteiger charge is 2.22. The van der Waals surface area contributed by atoms with Gasteiger partial charge in [0.1, 0.15) is 6.61 Å². The Morgan fingerprint density at radius 3 is 1.33 bits per heavy atom. The van der Waals surface area contributed by atoms with Crippen molar-refractivity contribution in [1.82, 2.24) is 0 Å². The van der Waals surface area contributed by atoms with Crippen LogP contribution in [0.15, 0.2) is 12.2 Å². The second-order valence-electron chi connectivity index (χ2n) is 13.6. The van der Waals surface area contributed by atoms with Gasteiger partial charge in [-0.15, -0.1) is 0 Å². The van der Waals surface area contributed by atoms with Crippen LogP contribution in [-0.4, -0.2) is 41.0 Å². The summed E-state index contributed by atoms with van der Waals surface area (Å²) in [5, 5.41) is 0. The van der Waals surface area contributed by atoms with Crippen LogP contribution in [0, 0.1) is 0 Å². The van der Waals surface area contributed by atoms with Gasteiger partial charge >= 0.3 is 19.8 Å². The predicted molar refractivity (Wildman–Crippen MR) is 198 cm³/mol. The molecule has 0 bridgehead atoms. The number of phosphoric acid groups is 1. The molecule has 0 saturated carbocycles. The maximum absolute atomic E-state index is 12.4. The minimum atomic E-state index is -4.75. The van der Waals surface area contributed by atoms with Crippen molar-refractivity contribution in [3.8, 4) is 0 Å². The third kappa shape index (κ3) is 37.6. The maximum atomic E-state index is 12.4. The first kappa shape index (κ1) is 46.8. The molecular formula is C39H75O8P. The number of carbonyl (C=O) groups is 2. The van der Waals surface area contributed by atoms with Gasteiger partial charge in [-0.3, -0.25) is 14.1 Å². The Bertz CT molecular complexity index is 797. The summed E-state index contributed by atoms with van der Waals surface area (Å²) < 4.78 is 26.3. The summed E-state index contributed by atoms with van der Waals surface area (Å²) in [6.45, 7) is 3.65. The third-order valence-electron chi connectivity index (χ3n) is 8.78. The van der Waals surface area contributed by atoms with Crippen molar-refractivity contribution in [2.75, 3.05) is 13.2 Å². The minimum Gasteiger partial charge on any atom is -0.462 e. The van der Waals surface area contributed by atoms with Crippen LogP contribution in [0.3, 0.4) is 0 Å². The van der Waals surface area contributed by atoms with Gasteiger partial charge in [0.05, 0.1) is 6.61 Å². The van der Waals surface area contributed by atoms with Gasteiger partial charge in [0.2, 0.25) is 0 Å². The number of esters is 2. The standard InChI is InChI=1S/C39H75O8P/c1-3-5-7-9-11-13-15-16-17-18-19-20-21-22-24-26-28-30-32-34-39(41)47-37(36-46-48(42,43)44)35-45-38(40)33-31-29-27-25-23-14-12-10-8-6-4-2/h10,12,37H,3-9,11,13-36H2,1-2H3,(H2,42,43,44)/b12-10-/t37-/m1/s1. The number of ether oxygens (including phenoxy) is 2. The Kier molecular flexibility index (Phi) is 34.7. The van der Waals surface area contributed by atoms with Crippen molar-refractivity contribution < 1.29 is 37.9 Å². The lowest BCUT2D eigenvalue weighted by Gasteiger charge is -2.18. The number of unbranched alkanes of at least 4 members (excludes halogenated alkanes) is 25. The van der Waals surface area contributed by atoms with Gasteiger partial charge in [0.25, 0.3) is 0 Å². The van der Waals surface area contributed by atoms with Crippen LogP contribution in [0.2, 0.25) is 0 Å². The second-order valence-corrected chi connectivity index (χ2v) is 14.9. The number of phosphoric ester groups is 1. The Labute approximate surface area is 295 Å². The highest BCUT2D eigenvalue weighted by atomic mass is 31.2. The summed E-state index contributed by atoms with van der Waals surface area (Å²) in [4.78, 5) is 42.7. The van der Waals surface area contributed by atoms with E-state index in [2.05, 4.69) is 30.5 Å². The molecule has 0 amide bonds. The van der Waals surface area contributed by atoms with Gasteiger partial charge in [-0.1, -0.05) is 174 Å². The fourth-order valence-corrected chi connectivity index (χ4v) is 6.13. The highest BCUT2D eigenvalue weighted by molar-refractivity contribution is 7.46. The number of hydrogen-bond acceptors (Lipinski definition) is 6. The van der Waals surface area contributed by atoms with Crippen molar-refractivity contribution >= 4 is 19.8 Å². The summed E-state index contributed by atoms with van der Waals surface area (Å²) in [5.74, 6) is -0.887. The Morgan fingerprint density at radius 1 is 0.521 bits per heavy atom. The van der Waals surface area contributed by atoms with E-state index in [4.69, 9.17) is 19.3 Å². The van der Waals surface area contributed by atoms with E-state index in [0.29, 0.717) is 12.8 Å². The maximum Gasteiger partial charge on any atom is 0.469 e. The summed E-state index contributed by atoms with van der Waals surface area (Å²) in [6, 6.07) is 0. The van der Waals surface area contributed by atoms with Crippen LogP contribution < -0.4 is 0 Å². The molecule has 8 nitrogen and oxygen atoms in total. The fourth-order valence-electron chi connectivity index (χ4n) is 5.77. The molecule has 0 aliphatic carbocycles. The average Bonchev–Trinajstić information content (AvgIpc) is 3.05. The molecule has 9 heteroatoms. The van der Waals surface area contributed by atoms with Gasteiger partial charge in [-0.05, 0) is 32.1 Å². The Morgan fingerprint density at radius 2 is 0.896 bits per heavy atom. The molecule has 0 radical (unpaired) electrons. The molecule has 0 aliphatic rings. The first-order chi connectivity index (χ1) is 23.3. The molecular weight excluding hydrogens is 627 g/mol. The van der Waals surface area contributed by atoms with Gasteiger partial charge in [0.15, 0.2) is 6.10 Å². The van der Waals surface area contributed by atoms with E-state index in [1.54, 1.807) is 0 Å². The highest BCUT2D eigenvalue weighted by Crippen LogP contribution is 2.36. The second kappa shape index (κ2) is 35.6. The molecule has 2 N–H and O–H groups in total. The molecule has 0 heterocycles. The van der Waals surface area contributed by atoms with Crippen molar-refractivity contribution in [2.24, 2.45) is 0 Å². The molecule has 0 fully saturated rings. The predicted octanol–water partition coefficient (Wildman–Crippen LogP) is 11.8. The van der Waals surface area contributed by atoms with E-state index in [1.807, 2.05) is 0 Å². The largest absolute Gasteiger partial charge is 0.469 e. The molecule has 0 saturated heterocycles. The normalized spacial score (nSPS) is 12.5. The van der Waals surface area contributed by atoms with Crippen molar-refractivity contribution in [2.45, 2.75) is 213 Å². The molecule has 0 aliphatic heterocycles. The number of rotatable bonds is 37. The lowest BCUT2D eigenvalue weighted by molar-refractivity contribution is -0.161. The Hall–Kier alpha value is -1.21. The van der Waals surface area contributed by atoms with Crippen LogP contribution >= 0.6 is 7.82 Å². The van der Waals surface area contributed by atoms with Gasteiger partial charge < -0.3 is 19.3 Å². The monoisotopic (exact) mass is 703 g/mol. The minimum absolute atomic E-state index is 0.216. The summed E-state index contributed by atoms with van der Waals surface area (Å²) >= 11 is 0. The molecule has 0 aromatic heterocycles. The van der Waals surface area contributed by atoms with E-state index in [9.17, 15) is 14.2 Å². The van der Waals surface area contributed by atoms with Crippen molar-refractivity contribution in [3.63, 3.8) is 0 Å². The summed E-state index contributed by atoms with van der Waals surface area (Å²) in [6.07, 6.45) is 38.0. The molecule has 0 aromatic rings. The van der Waals surface area contributed by atoms with Crippen LogP contribution in [0.1, 0.15) is 206 Å². The van der Waals surface area contributed by atoms with Crippen molar-refractivity contribution in [3.05, 3.63) is 12.2 Å². The van der Waals surface area contributed by atoms with E-state index in [0.717, 1.165) is 51.4 Å². The first-order valence-corrected chi connectivity index (χ1v) is 21.5.